The van der Waals surface area contributed by atoms with E-state index in [1.807, 2.05) is 0 Å². The zero-order valence-corrected chi connectivity index (χ0v) is 11.4. The van der Waals surface area contributed by atoms with Gasteiger partial charge in [0.05, 0.1) is 11.7 Å². The largest absolute Gasteiger partial charge is 0.481 e. The lowest BCUT2D eigenvalue weighted by atomic mass is 10.2. The van der Waals surface area contributed by atoms with E-state index in [1.165, 1.54) is 28.6 Å². The van der Waals surface area contributed by atoms with Crippen molar-refractivity contribution in [3.05, 3.63) is 35.6 Å². The second-order valence-corrected chi connectivity index (χ2v) is 7.36. The smallest absolute Gasteiger partial charge is 0.307 e. The van der Waals surface area contributed by atoms with Crippen molar-refractivity contribution >= 4 is 16.0 Å². The predicted octanol–water partition coefficient (Wildman–Crippen LogP) is 0.918. The summed E-state index contributed by atoms with van der Waals surface area (Å²) in [4.78, 5) is 10.9. The van der Waals surface area contributed by atoms with Gasteiger partial charge in [0.15, 0.2) is 0 Å². The van der Waals surface area contributed by atoms with Crippen LogP contribution >= 0.6 is 0 Å². The van der Waals surface area contributed by atoms with Gasteiger partial charge in [-0.15, -0.1) is 0 Å². The van der Waals surface area contributed by atoms with E-state index in [4.69, 9.17) is 5.11 Å². The van der Waals surface area contributed by atoms with Crippen molar-refractivity contribution in [2.45, 2.75) is 5.75 Å². The number of carboxylic acid groups (broad SMARTS) is 1. The van der Waals surface area contributed by atoms with Crippen LogP contribution in [0.4, 0.5) is 4.39 Å². The van der Waals surface area contributed by atoms with Crippen molar-refractivity contribution in [2.24, 2.45) is 17.8 Å². The molecule has 3 rings (SSSR count). The molecule has 1 aromatic carbocycles. The highest BCUT2D eigenvalue weighted by atomic mass is 32.2. The molecule has 1 saturated heterocycles. The molecule has 1 heterocycles. The molecule has 2 fully saturated rings. The van der Waals surface area contributed by atoms with Gasteiger partial charge in [0.2, 0.25) is 10.0 Å². The summed E-state index contributed by atoms with van der Waals surface area (Å²) in [5, 5.41) is 8.91. The Morgan fingerprint density at radius 1 is 1.25 bits per heavy atom. The van der Waals surface area contributed by atoms with Crippen molar-refractivity contribution in [3.63, 3.8) is 0 Å². The monoisotopic (exact) mass is 299 g/mol. The number of benzene rings is 1. The quantitative estimate of drug-likeness (QED) is 0.897. The topological polar surface area (TPSA) is 74.7 Å². The minimum atomic E-state index is -3.46. The Balaban J connectivity index is 1.66. The Labute approximate surface area is 116 Å². The van der Waals surface area contributed by atoms with Gasteiger partial charge in [-0.3, -0.25) is 4.79 Å². The number of halogens is 1. The maximum atomic E-state index is 12.8. The van der Waals surface area contributed by atoms with E-state index >= 15 is 0 Å². The third-order valence-electron chi connectivity index (χ3n) is 4.10. The van der Waals surface area contributed by atoms with Crippen LogP contribution in [0.1, 0.15) is 5.56 Å². The Morgan fingerprint density at radius 3 is 2.30 bits per heavy atom. The molecule has 1 N–H and O–H groups in total. The number of carbonyl (C=O) groups is 1. The first kappa shape index (κ1) is 13.5. The van der Waals surface area contributed by atoms with Crippen molar-refractivity contribution in [1.29, 1.82) is 0 Å². The molecule has 1 aliphatic heterocycles. The number of sulfonamides is 1. The van der Waals surface area contributed by atoms with E-state index in [9.17, 15) is 17.6 Å². The van der Waals surface area contributed by atoms with Crippen molar-refractivity contribution < 1.29 is 22.7 Å². The second kappa shape index (κ2) is 4.53. The summed E-state index contributed by atoms with van der Waals surface area (Å²) in [6.07, 6.45) is 0. The highest BCUT2D eigenvalue weighted by molar-refractivity contribution is 7.88. The zero-order chi connectivity index (χ0) is 14.5. The average Bonchev–Trinajstić information content (AvgIpc) is 2.88. The summed E-state index contributed by atoms with van der Waals surface area (Å²) in [7, 11) is -3.46. The highest BCUT2D eigenvalue weighted by Crippen LogP contribution is 2.52. The molecule has 1 aliphatic carbocycles. The van der Waals surface area contributed by atoms with Gasteiger partial charge in [-0.1, -0.05) is 12.1 Å². The van der Waals surface area contributed by atoms with Crippen LogP contribution in [0.5, 0.6) is 0 Å². The summed E-state index contributed by atoms with van der Waals surface area (Å²) in [5.41, 5.74) is 0.529. The molecular formula is C13H14FNO4S. The molecule has 3 atom stereocenters. The molecule has 2 aliphatic rings. The summed E-state index contributed by atoms with van der Waals surface area (Å²) in [6.45, 7) is 0.566. The first-order chi connectivity index (χ1) is 9.38. The van der Waals surface area contributed by atoms with Gasteiger partial charge in [0, 0.05) is 13.1 Å². The molecule has 5 nitrogen and oxygen atoms in total. The molecular weight excluding hydrogens is 285 g/mol. The molecule has 0 radical (unpaired) electrons. The lowest BCUT2D eigenvalue weighted by Gasteiger charge is -2.18. The van der Waals surface area contributed by atoms with Gasteiger partial charge in [-0.05, 0) is 29.5 Å². The minimum absolute atomic E-state index is 0.0458. The van der Waals surface area contributed by atoms with E-state index < -0.39 is 21.8 Å². The fourth-order valence-electron chi connectivity index (χ4n) is 2.96. The second-order valence-electron chi connectivity index (χ2n) is 5.39. The molecule has 0 spiro atoms. The van der Waals surface area contributed by atoms with E-state index in [1.54, 1.807) is 0 Å². The Bertz CT molecular complexity index is 631. The number of carboxylic acids is 1. The number of nitrogens with zero attached hydrogens (tertiary/aromatic N) is 1. The average molecular weight is 299 g/mol. The molecule has 0 aromatic heterocycles. The van der Waals surface area contributed by atoms with Crippen molar-refractivity contribution in [3.8, 4) is 0 Å². The Morgan fingerprint density at radius 2 is 1.80 bits per heavy atom. The predicted molar refractivity (Wildman–Crippen MR) is 68.7 cm³/mol. The SMILES string of the molecule is O=C(O)C1[C@H]2CN(S(=O)(=O)Cc3ccc(F)cc3)C[C@@H]12. The van der Waals surface area contributed by atoms with Crippen LogP contribution < -0.4 is 0 Å². The third kappa shape index (κ3) is 2.31. The van der Waals surface area contributed by atoms with Gasteiger partial charge < -0.3 is 5.11 Å². The minimum Gasteiger partial charge on any atom is -0.481 e. The standard InChI is InChI=1S/C13H14FNO4S/c14-9-3-1-8(2-4-9)7-20(18,19)15-5-10-11(6-15)12(10)13(16)17/h1-4,10-12H,5-7H2,(H,16,17)/t10-,11+,12?. The molecule has 108 valence electrons. The fraction of sp³-hybridized carbons (Fsp3) is 0.462. The maximum absolute atomic E-state index is 12.8. The van der Waals surface area contributed by atoms with E-state index in [-0.39, 0.29) is 36.6 Å². The molecule has 1 unspecified atom stereocenters. The van der Waals surface area contributed by atoms with Crippen LogP contribution in [0, 0.1) is 23.6 Å². The summed E-state index contributed by atoms with van der Waals surface area (Å²) in [6, 6.07) is 5.35. The molecule has 0 amide bonds. The zero-order valence-electron chi connectivity index (χ0n) is 10.6. The number of hydrogen-bond acceptors (Lipinski definition) is 3. The number of piperidine rings is 1. The van der Waals surface area contributed by atoms with Gasteiger partial charge in [-0.25, -0.2) is 17.1 Å². The number of hydrogen-bond donors (Lipinski definition) is 1. The van der Waals surface area contributed by atoms with E-state index in [0.29, 0.717) is 5.56 Å². The molecule has 7 heteroatoms. The van der Waals surface area contributed by atoms with Crippen LogP contribution in [0.25, 0.3) is 0 Å². The van der Waals surface area contributed by atoms with Gasteiger partial charge in [0.25, 0.3) is 0 Å². The first-order valence-corrected chi connectivity index (χ1v) is 7.94. The molecule has 1 aromatic rings. The lowest BCUT2D eigenvalue weighted by molar-refractivity contribution is -0.139. The van der Waals surface area contributed by atoms with Gasteiger partial charge in [-0.2, -0.15) is 0 Å². The Hall–Kier alpha value is -1.47. The lowest BCUT2D eigenvalue weighted by Crippen LogP contribution is -2.33. The normalized spacial score (nSPS) is 29.1. The van der Waals surface area contributed by atoms with Crippen molar-refractivity contribution in [1.82, 2.24) is 4.31 Å². The fourth-order valence-corrected chi connectivity index (χ4v) is 4.56. The molecule has 0 bridgehead atoms. The molecule has 1 saturated carbocycles. The van der Waals surface area contributed by atoms with Gasteiger partial charge in [0.1, 0.15) is 5.82 Å². The number of aliphatic carboxylic acids is 1. The summed E-state index contributed by atoms with van der Waals surface area (Å²) < 4.78 is 38.6. The van der Waals surface area contributed by atoms with Crippen LogP contribution in [-0.2, 0) is 20.6 Å². The maximum Gasteiger partial charge on any atom is 0.307 e. The van der Waals surface area contributed by atoms with Crippen LogP contribution in [-0.4, -0.2) is 36.9 Å². The van der Waals surface area contributed by atoms with Crippen LogP contribution in [0.15, 0.2) is 24.3 Å². The number of fused-ring (bicyclic) bond motifs is 1. The summed E-state index contributed by atoms with van der Waals surface area (Å²) >= 11 is 0. The highest BCUT2D eigenvalue weighted by Gasteiger charge is 2.61. The van der Waals surface area contributed by atoms with Gasteiger partial charge >= 0.3 is 5.97 Å². The Kier molecular flexibility index (Phi) is 3.06. The van der Waals surface area contributed by atoms with Crippen LogP contribution in [0.2, 0.25) is 0 Å². The van der Waals surface area contributed by atoms with E-state index in [0.717, 1.165) is 0 Å². The van der Waals surface area contributed by atoms with E-state index in [2.05, 4.69) is 0 Å². The molecule has 20 heavy (non-hydrogen) atoms. The number of rotatable bonds is 4. The summed E-state index contributed by atoms with van der Waals surface area (Å²) in [5.74, 6) is -1.89. The first-order valence-electron chi connectivity index (χ1n) is 6.33. The van der Waals surface area contributed by atoms with Crippen molar-refractivity contribution in [2.75, 3.05) is 13.1 Å². The third-order valence-corrected chi connectivity index (χ3v) is 5.88. The van der Waals surface area contributed by atoms with Crippen LogP contribution in [0.3, 0.4) is 0 Å².